The van der Waals surface area contributed by atoms with Crippen LogP contribution in [-0.2, 0) is 0 Å². The molecule has 0 saturated carbocycles. The lowest BCUT2D eigenvalue weighted by molar-refractivity contribution is -0.384. The molecule has 0 aliphatic carbocycles. The fourth-order valence-corrected chi connectivity index (χ4v) is 3.23. The molecule has 2 N–H and O–H groups in total. The monoisotopic (exact) mass is 438 g/mol. The second kappa shape index (κ2) is 6.83. The Labute approximate surface area is 167 Å². The summed E-state index contributed by atoms with van der Waals surface area (Å²) in [6.07, 6.45) is 0. The van der Waals surface area contributed by atoms with Crippen molar-refractivity contribution in [1.29, 1.82) is 5.26 Å². The molecule has 0 bridgehead atoms. The molecule has 0 radical (unpaired) electrons. The van der Waals surface area contributed by atoms with Crippen LogP contribution in [0.15, 0.2) is 46.9 Å². The molecule has 0 amide bonds. The molecule has 2 heterocycles. The standard InChI is InChI=1S/C19H11BrN4O4/c20-11-3-1-10(2-4-11)15-5-12(14(8-21)19(22)23-15)13-6-17-18(28-9-27-17)7-16(13)24(25)26/h1-7H,9H2,(H2,22,23). The molecule has 138 valence electrons. The fourth-order valence-electron chi connectivity index (χ4n) is 2.96. The quantitative estimate of drug-likeness (QED) is 0.477. The van der Waals surface area contributed by atoms with Crippen molar-refractivity contribution in [2.24, 2.45) is 0 Å². The number of fused-ring (bicyclic) bond motifs is 1. The number of nitro groups is 1. The Morgan fingerprint density at radius 1 is 1.14 bits per heavy atom. The first-order chi connectivity index (χ1) is 13.5. The largest absolute Gasteiger partial charge is 0.454 e. The molecule has 1 aliphatic rings. The van der Waals surface area contributed by atoms with Gasteiger partial charge in [0, 0.05) is 15.6 Å². The molecule has 28 heavy (non-hydrogen) atoms. The molecule has 0 fully saturated rings. The summed E-state index contributed by atoms with van der Waals surface area (Å²) in [7, 11) is 0. The molecule has 1 aromatic heterocycles. The van der Waals surface area contributed by atoms with Gasteiger partial charge in [-0.05, 0) is 24.3 Å². The van der Waals surface area contributed by atoms with Crippen LogP contribution >= 0.6 is 15.9 Å². The molecular weight excluding hydrogens is 428 g/mol. The number of rotatable bonds is 3. The van der Waals surface area contributed by atoms with Crippen LogP contribution in [0, 0.1) is 21.4 Å². The maximum absolute atomic E-state index is 11.6. The number of hydrogen-bond acceptors (Lipinski definition) is 7. The summed E-state index contributed by atoms with van der Waals surface area (Å²) in [6, 6.07) is 13.7. The summed E-state index contributed by atoms with van der Waals surface area (Å²) in [5.41, 5.74) is 7.61. The Morgan fingerprint density at radius 2 is 1.82 bits per heavy atom. The smallest absolute Gasteiger partial charge is 0.281 e. The number of nitro benzene ring substituents is 1. The predicted molar refractivity (Wildman–Crippen MR) is 105 cm³/mol. The van der Waals surface area contributed by atoms with Crippen LogP contribution in [0.3, 0.4) is 0 Å². The summed E-state index contributed by atoms with van der Waals surface area (Å²) in [6.45, 7) is -0.0241. The van der Waals surface area contributed by atoms with E-state index in [0.717, 1.165) is 10.0 Å². The Bertz CT molecular complexity index is 1160. The molecule has 1 aliphatic heterocycles. The second-order valence-corrected chi connectivity index (χ2v) is 6.83. The van der Waals surface area contributed by atoms with E-state index in [9.17, 15) is 15.4 Å². The van der Waals surface area contributed by atoms with Crippen LogP contribution in [0.5, 0.6) is 11.5 Å². The number of halogens is 1. The zero-order chi connectivity index (χ0) is 19.8. The van der Waals surface area contributed by atoms with Gasteiger partial charge in [-0.25, -0.2) is 4.98 Å². The maximum atomic E-state index is 11.6. The van der Waals surface area contributed by atoms with Crippen LogP contribution in [0.1, 0.15) is 5.56 Å². The number of ether oxygens (including phenoxy) is 2. The number of pyridine rings is 1. The van der Waals surface area contributed by atoms with Gasteiger partial charge in [0.1, 0.15) is 17.5 Å². The van der Waals surface area contributed by atoms with E-state index in [1.165, 1.54) is 12.1 Å². The predicted octanol–water partition coefficient (Wildman–Crippen LogP) is 4.27. The van der Waals surface area contributed by atoms with Crippen LogP contribution in [-0.4, -0.2) is 16.7 Å². The highest BCUT2D eigenvalue weighted by atomic mass is 79.9. The Morgan fingerprint density at radius 3 is 2.46 bits per heavy atom. The van der Waals surface area contributed by atoms with E-state index in [1.807, 2.05) is 30.3 Å². The minimum atomic E-state index is -0.533. The van der Waals surface area contributed by atoms with Gasteiger partial charge in [0.05, 0.1) is 22.2 Å². The zero-order valence-corrected chi connectivity index (χ0v) is 15.8. The Balaban J connectivity index is 1.98. The number of anilines is 1. The van der Waals surface area contributed by atoms with Gasteiger partial charge in [-0.2, -0.15) is 5.26 Å². The molecule has 9 heteroatoms. The summed E-state index contributed by atoms with van der Waals surface area (Å²) < 4.78 is 11.5. The molecule has 0 unspecified atom stereocenters. The van der Waals surface area contributed by atoms with Gasteiger partial charge >= 0.3 is 0 Å². The summed E-state index contributed by atoms with van der Waals surface area (Å²) in [5.74, 6) is 0.638. The Hall–Kier alpha value is -3.64. The van der Waals surface area contributed by atoms with E-state index in [1.54, 1.807) is 6.07 Å². The number of aromatic nitrogens is 1. The van der Waals surface area contributed by atoms with Crippen molar-refractivity contribution in [1.82, 2.24) is 4.98 Å². The first-order valence-corrected chi connectivity index (χ1v) is 8.82. The number of hydrogen-bond donors (Lipinski definition) is 1. The van der Waals surface area contributed by atoms with Crippen LogP contribution in [0.2, 0.25) is 0 Å². The van der Waals surface area contributed by atoms with E-state index in [0.29, 0.717) is 17.0 Å². The van der Waals surface area contributed by atoms with Crippen molar-refractivity contribution in [3.8, 4) is 40.0 Å². The van der Waals surface area contributed by atoms with Gasteiger partial charge < -0.3 is 15.2 Å². The third-order valence-electron chi connectivity index (χ3n) is 4.28. The van der Waals surface area contributed by atoms with E-state index in [-0.39, 0.29) is 35.2 Å². The molecule has 0 saturated heterocycles. The van der Waals surface area contributed by atoms with Crippen molar-refractivity contribution in [3.05, 3.63) is 62.6 Å². The van der Waals surface area contributed by atoms with E-state index in [4.69, 9.17) is 15.2 Å². The SMILES string of the molecule is N#Cc1c(-c2cc3c(cc2[N+](=O)[O-])OCO3)cc(-c2ccc(Br)cc2)nc1N. The molecular formula is C19H11BrN4O4. The molecule has 4 rings (SSSR count). The number of benzene rings is 2. The highest BCUT2D eigenvalue weighted by Gasteiger charge is 2.27. The lowest BCUT2D eigenvalue weighted by Crippen LogP contribution is -2.01. The van der Waals surface area contributed by atoms with E-state index in [2.05, 4.69) is 20.9 Å². The average molecular weight is 439 g/mol. The Kier molecular flexibility index (Phi) is 4.33. The lowest BCUT2D eigenvalue weighted by atomic mass is 9.96. The van der Waals surface area contributed by atoms with Crippen molar-refractivity contribution in [3.63, 3.8) is 0 Å². The van der Waals surface area contributed by atoms with Gasteiger partial charge in [-0.3, -0.25) is 10.1 Å². The summed E-state index contributed by atoms with van der Waals surface area (Å²) in [5, 5.41) is 21.2. The van der Waals surface area contributed by atoms with Gasteiger partial charge in [0.15, 0.2) is 11.5 Å². The van der Waals surface area contributed by atoms with Crippen molar-refractivity contribution in [2.45, 2.75) is 0 Å². The van der Waals surface area contributed by atoms with Crippen molar-refractivity contribution >= 4 is 27.4 Å². The minimum Gasteiger partial charge on any atom is -0.454 e. The van der Waals surface area contributed by atoms with Gasteiger partial charge in [0.25, 0.3) is 5.69 Å². The number of nitrogens with zero attached hydrogens (tertiary/aromatic N) is 3. The van der Waals surface area contributed by atoms with Crippen LogP contribution in [0.4, 0.5) is 11.5 Å². The van der Waals surface area contributed by atoms with E-state index >= 15 is 0 Å². The van der Waals surface area contributed by atoms with Gasteiger partial charge in [-0.15, -0.1) is 0 Å². The first kappa shape index (κ1) is 17.8. The fraction of sp³-hybridized carbons (Fsp3) is 0.0526. The molecule has 3 aromatic rings. The highest BCUT2D eigenvalue weighted by molar-refractivity contribution is 9.10. The van der Waals surface area contributed by atoms with E-state index < -0.39 is 4.92 Å². The van der Waals surface area contributed by atoms with Crippen LogP contribution < -0.4 is 15.2 Å². The minimum absolute atomic E-state index is 0.00937. The second-order valence-electron chi connectivity index (χ2n) is 5.91. The average Bonchev–Trinajstić information content (AvgIpc) is 3.14. The first-order valence-electron chi connectivity index (χ1n) is 8.03. The molecule has 2 aromatic carbocycles. The number of nitrogens with two attached hydrogens (primary N) is 1. The summed E-state index contributed by atoms with van der Waals surface area (Å²) >= 11 is 3.37. The molecule has 8 nitrogen and oxygen atoms in total. The maximum Gasteiger partial charge on any atom is 0.281 e. The number of nitrogen functional groups attached to an aromatic ring is 1. The molecule has 0 atom stereocenters. The normalized spacial score (nSPS) is 11.9. The number of nitriles is 1. The third-order valence-corrected chi connectivity index (χ3v) is 4.81. The van der Waals surface area contributed by atoms with Gasteiger partial charge in [0.2, 0.25) is 6.79 Å². The molecule has 0 spiro atoms. The highest BCUT2D eigenvalue weighted by Crippen LogP contribution is 2.44. The third kappa shape index (κ3) is 3.00. The topological polar surface area (TPSA) is 124 Å². The van der Waals surface area contributed by atoms with Crippen molar-refractivity contribution < 1.29 is 14.4 Å². The lowest BCUT2D eigenvalue weighted by Gasteiger charge is -2.11. The summed E-state index contributed by atoms with van der Waals surface area (Å²) in [4.78, 5) is 15.4. The van der Waals surface area contributed by atoms with Crippen molar-refractivity contribution in [2.75, 3.05) is 12.5 Å². The zero-order valence-electron chi connectivity index (χ0n) is 14.2. The van der Waals surface area contributed by atoms with Crippen LogP contribution in [0.25, 0.3) is 22.4 Å². The van der Waals surface area contributed by atoms with Gasteiger partial charge in [-0.1, -0.05) is 28.1 Å².